The molecule has 8 nitrogen and oxygen atoms in total. The molecule has 116 valence electrons. The van der Waals surface area contributed by atoms with Gasteiger partial charge in [0.2, 0.25) is 0 Å². The molecule has 2 aromatic rings. The summed E-state index contributed by atoms with van der Waals surface area (Å²) in [5.41, 5.74) is 1.04. The second-order valence-corrected chi connectivity index (χ2v) is 5.50. The molecule has 1 saturated carbocycles. The standard InChI is InChI=1S/C14H18N6O2/c1-2-18(9-11-4-3-5-13(8-11)20(21)22)10-14-15-16-17-19(14)12-6-7-12/h3-5,8,12H,2,6-7,9-10H2,1H3. The van der Waals surface area contributed by atoms with Crippen molar-refractivity contribution in [2.45, 2.75) is 38.9 Å². The van der Waals surface area contributed by atoms with Crippen molar-refractivity contribution >= 4 is 5.69 Å². The van der Waals surface area contributed by atoms with Crippen molar-refractivity contribution in [3.63, 3.8) is 0 Å². The lowest BCUT2D eigenvalue weighted by Crippen LogP contribution is -2.24. The highest BCUT2D eigenvalue weighted by Crippen LogP contribution is 2.34. The van der Waals surface area contributed by atoms with E-state index in [9.17, 15) is 10.1 Å². The van der Waals surface area contributed by atoms with Gasteiger partial charge in [-0.25, -0.2) is 4.68 Å². The summed E-state index contributed by atoms with van der Waals surface area (Å²) in [7, 11) is 0. The highest BCUT2D eigenvalue weighted by molar-refractivity contribution is 5.34. The monoisotopic (exact) mass is 302 g/mol. The zero-order valence-electron chi connectivity index (χ0n) is 12.4. The van der Waals surface area contributed by atoms with Gasteiger partial charge in [-0.2, -0.15) is 0 Å². The van der Waals surface area contributed by atoms with E-state index in [1.54, 1.807) is 12.1 Å². The summed E-state index contributed by atoms with van der Waals surface area (Å²) >= 11 is 0. The lowest BCUT2D eigenvalue weighted by molar-refractivity contribution is -0.384. The summed E-state index contributed by atoms with van der Waals surface area (Å²) in [5.74, 6) is 0.856. The van der Waals surface area contributed by atoms with Crippen molar-refractivity contribution in [2.24, 2.45) is 0 Å². The molecule has 22 heavy (non-hydrogen) atoms. The summed E-state index contributed by atoms with van der Waals surface area (Å²) in [5, 5.41) is 22.8. The maximum Gasteiger partial charge on any atom is 0.269 e. The molecule has 0 bridgehead atoms. The maximum absolute atomic E-state index is 10.9. The van der Waals surface area contributed by atoms with Gasteiger partial charge in [-0.1, -0.05) is 19.1 Å². The van der Waals surface area contributed by atoms with E-state index < -0.39 is 0 Å². The van der Waals surface area contributed by atoms with Crippen LogP contribution >= 0.6 is 0 Å². The summed E-state index contributed by atoms with van der Waals surface area (Å²) in [6.45, 7) is 4.15. The Morgan fingerprint density at radius 3 is 2.91 bits per heavy atom. The molecular formula is C14H18N6O2. The summed E-state index contributed by atoms with van der Waals surface area (Å²) in [6.07, 6.45) is 2.27. The van der Waals surface area contributed by atoms with Crippen LogP contribution in [0.1, 0.15) is 37.2 Å². The molecule has 1 aromatic heterocycles. The van der Waals surface area contributed by atoms with E-state index in [0.29, 0.717) is 19.1 Å². The second kappa shape index (κ2) is 6.18. The van der Waals surface area contributed by atoms with Gasteiger partial charge < -0.3 is 0 Å². The average Bonchev–Trinajstić information content (AvgIpc) is 3.26. The molecule has 8 heteroatoms. The van der Waals surface area contributed by atoms with E-state index >= 15 is 0 Å². The number of non-ortho nitro benzene ring substituents is 1. The van der Waals surface area contributed by atoms with Crippen LogP contribution in [0.15, 0.2) is 24.3 Å². The van der Waals surface area contributed by atoms with Gasteiger partial charge >= 0.3 is 0 Å². The molecular weight excluding hydrogens is 284 g/mol. The molecule has 1 fully saturated rings. The normalized spacial score (nSPS) is 14.5. The summed E-state index contributed by atoms with van der Waals surface area (Å²) in [4.78, 5) is 12.7. The van der Waals surface area contributed by atoms with Crippen molar-refractivity contribution in [3.05, 3.63) is 45.8 Å². The Morgan fingerprint density at radius 2 is 2.23 bits per heavy atom. The van der Waals surface area contributed by atoms with E-state index in [1.807, 2.05) is 10.7 Å². The molecule has 1 aliphatic carbocycles. The fourth-order valence-electron chi connectivity index (χ4n) is 2.43. The van der Waals surface area contributed by atoms with E-state index in [0.717, 1.165) is 30.8 Å². The Kier molecular flexibility index (Phi) is 4.10. The van der Waals surface area contributed by atoms with Gasteiger partial charge in [0.15, 0.2) is 5.82 Å². The first-order chi connectivity index (χ1) is 10.7. The number of rotatable bonds is 7. The van der Waals surface area contributed by atoms with E-state index in [2.05, 4.69) is 27.3 Å². The Morgan fingerprint density at radius 1 is 1.41 bits per heavy atom. The van der Waals surface area contributed by atoms with Crippen LogP contribution in [-0.2, 0) is 13.1 Å². The van der Waals surface area contributed by atoms with Gasteiger partial charge in [-0.3, -0.25) is 15.0 Å². The van der Waals surface area contributed by atoms with Crippen LogP contribution in [0.3, 0.4) is 0 Å². The van der Waals surface area contributed by atoms with E-state index in [4.69, 9.17) is 0 Å². The molecule has 0 atom stereocenters. The first-order valence-corrected chi connectivity index (χ1v) is 7.39. The van der Waals surface area contributed by atoms with Crippen molar-refractivity contribution in [1.29, 1.82) is 0 Å². The Hall–Kier alpha value is -2.35. The number of hydrogen-bond acceptors (Lipinski definition) is 6. The molecule has 0 spiro atoms. The third-order valence-electron chi connectivity index (χ3n) is 3.79. The van der Waals surface area contributed by atoms with Gasteiger partial charge in [-0.05, 0) is 35.4 Å². The predicted molar refractivity (Wildman–Crippen MR) is 79.0 cm³/mol. The fourth-order valence-corrected chi connectivity index (χ4v) is 2.43. The van der Waals surface area contributed by atoms with E-state index in [-0.39, 0.29) is 10.6 Å². The number of hydrogen-bond donors (Lipinski definition) is 0. The SMILES string of the molecule is CCN(Cc1cccc([N+](=O)[O-])c1)Cc1nnnn1C1CC1. The highest BCUT2D eigenvalue weighted by Gasteiger charge is 2.28. The number of tetrazole rings is 1. The third-order valence-corrected chi connectivity index (χ3v) is 3.79. The lowest BCUT2D eigenvalue weighted by atomic mass is 10.2. The van der Waals surface area contributed by atoms with Crippen LogP contribution in [0.5, 0.6) is 0 Å². The number of nitro benzene ring substituents is 1. The molecule has 0 radical (unpaired) electrons. The van der Waals surface area contributed by atoms with Crippen LogP contribution in [0, 0.1) is 10.1 Å². The van der Waals surface area contributed by atoms with Crippen molar-refractivity contribution in [3.8, 4) is 0 Å². The predicted octanol–water partition coefficient (Wildman–Crippen LogP) is 1.94. The molecule has 1 aliphatic rings. The first kappa shape index (κ1) is 14.6. The largest absolute Gasteiger partial charge is 0.292 e. The number of aromatic nitrogens is 4. The second-order valence-electron chi connectivity index (χ2n) is 5.50. The number of benzene rings is 1. The van der Waals surface area contributed by atoms with Crippen molar-refractivity contribution in [2.75, 3.05) is 6.54 Å². The third kappa shape index (κ3) is 3.28. The Balaban J connectivity index is 1.70. The van der Waals surface area contributed by atoms with Crippen molar-refractivity contribution < 1.29 is 4.92 Å². The smallest absolute Gasteiger partial charge is 0.269 e. The van der Waals surface area contributed by atoms with Gasteiger partial charge in [0, 0.05) is 18.7 Å². The molecule has 0 aliphatic heterocycles. The fraction of sp³-hybridized carbons (Fsp3) is 0.500. The van der Waals surface area contributed by atoms with Gasteiger partial charge in [-0.15, -0.1) is 5.10 Å². The first-order valence-electron chi connectivity index (χ1n) is 7.39. The molecule has 0 saturated heterocycles. The molecule has 3 rings (SSSR count). The van der Waals surface area contributed by atoms with Crippen LogP contribution in [0.2, 0.25) is 0 Å². The van der Waals surface area contributed by atoms with Crippen LogP contribution in [-0.4, -0.2) is 36.6 Å². The quantitative estimate of drug-likeness (QED) is 0.573. The number of nitro groups is 1. The highest BCUT2D eigenvalue weighted by atomic mass is 16.6. The zero-order chi connectivity index (χ0) is 15.5. The lowest BCUT2D eigenvalue weighted by Gasteiger charge is -2.19. The number of nitrogens with zero attached hydrogens (tertiary/aromatic N) is 6. The minimum Gasteiger partial charge on any atom is -0.292 e. The summed E-state index contributed by atoms with van der Waals surface area (Å²) in [6, 6.07) is 7.19. The molecule has 1 aromatic carbocycles. The Bertz CT molecular complexity index is 667. The molecule has 1 heterocycles. The molecule has 0 amide bonds. The maximum atomic E-state index is 10.9. The average molecular weight is 302 g/mol. The van der Waals surface area contributed by atoms with E-state index in [1.165, 1.54) is 6.07 Å². The zero-order valence-corrected chi connectivity index (χ0v) is 12.4. The molecule has 0 unspecified atom stereocenters. The van der Waals surface area contributed by atoms with Gasteiger partial charge in [0.1, 0.15) is 0 Å². The summed E-state index contributed by atoms with van der Waals surface area (Å²) < 4.78 is 1.90. The minimum absolute atomic E-state index is 0.122. The van der Waals surface area contributed by atoms with Gasteiger partial charge in [0.05, 0.1) is 17.5 Å². The van der Waals surface area contributed by atoms with Crippen LogP contribution in [0.25, 0.3) is 0 Å². The van der Waals surface area contributed by atoms with Crippen LogP contribution in [0.4, 0.5) is 5.69 Å². The minimum atomic E-state index is -0.368. The van der Waals surface area contributed by atoms with Crippen LogP contribution < -0.4 is 0 Å². The topological polar surface area (TPSA) is 90.0 Å². The Labute approximate surface area is 127 Å². The van der Waals surface area contributed by atoms with Gasteiger partial charge in [0.25, 0.3) is 5.69 Å². The van der Waals surface area contributed by atoms with Crippen molar-refractivity contribution in [1.82, 2.24) is 25.1 Å². The molecule has 0 N–H and O–H groups in total.